The zero-order valence-electron chi connectivity index (χ0n) is 11.1. The number of nitrogens with zero attached hydrogens (tertiary/aromatic N) is 1. The summed E-state index contributed by atoms with van der Waals surface area (Å²) in [6.45, 7) is 0.760. The zero-order valence-corrected chi connectivity index (χ0v) is 11.1. The molecule has 0 saturated carbocycles. The van der Waals surface area contributed by atoms with Crippen LogP contribution in [-0.2, 0) is 4.79 Å². The lowest BCUT2D eigenvalue weighted by atomic mass is 10.1. The Morgan fingerprint density at radius 3 is 2.83 bits per heavy atom. The van der Waals surface area contributed by atoms with Crippen LogP contribution in [0.3, 0.4) is 0 Å². The lowest BCUT2D eigenvalue weighted by Gasteiger charge is -2.26. The van der Waals surface area contributed by atoms with Gasteiger partial charge < -0.3 is 15.8 Å². The number of hydrogen-bond acceptors (Lipinski definition) is 4. The lowest BCUT2D eigenvalue weighted by Crippen LogP contribution is -2.38. The molecule has 1 rings (SSSR count). The molecule has 5 nitrogen and oxygen atoms in total. The molecule has 1 unspecified atom stereocenters. The van der Waals surface area contributed by atoms with Crippen molar-refractivity contribution in [1.82, 2.24) is 10.2 Å². The Morgan fingerprint density at radius 2 is 2.28 bits per heavy atom. The molecule has 18 heavy (non-hydrogen) atoms. The van der Waals surface area contributed by atoms with Gasteiger partial charge in [-0.2, -0.15) is 0 Å². The molecule has 0 aromatic heterocycles. The number of ether oxygens (including phenoxy) is 1. The van der Waals surface area contributed by atoms with Gasteiger partial charge in [-0.1, -0.05) is 12.1 Å². The molecule has 1 aromatic rings. The maximum atomic E-state index is 11.4. The number of hydrogen-bond donors (Lipinski definition) is 2. The number of amides is 1. The van der Waals surface area contributed by atoms with Gasteiger partial charge in [0, 0.05) is 19.6 Å². The maximum Gasteiger partial charge on any atom is 0.233 e. The number of methoxy groups -OCH3 is 1. The van der Waals surface area contributed by atoms with Crippen LogP contribution in [0.15, 0.2) is 24.3 Å². The lowest BCUT2D eigenvalue weighted by molar-refractivity contribution is -0.121. The van der Waals surface area contributed by atoms with E-state index in [9.17, 15) is 4.79 Å². The number of benzene rings is 1. The fourth-order valence-corrected chi connectivity index (χ4v) is 1.84. The fourth-order valence-electron chi connectivity index (χ4n) is 1.84. The first kappa shape index (κ1) is 14.5. The van der Waals surface area contributed by atoms with Crippen molar-refractivity contribution in [2.75, 3.05) is 34.3 Å². The van der Waals surface area contributed by atoms with Crippen LogP contribution in [0, 0.1) is 0 Å². The molecule has 0 bridgehead atoms. The van der Waals surface area contributed by atoms with Gasteiger partial charge in [-0.05, 0) is 24.7 Å². The molecule has 1 aromatic carbocycles. The van der Waals surface area contributed by atoms with Crippen molar-refractivity contribution < 1.29 is 9.53 Å². The Hall–Kier alpha value is -1.59. The molecule has 0 aliphatic heterocycles. The van der Waals surface area contributed by atoms with Crippen LogP contribution in [0.1, 0.15) is 11.6 Å². The van der Waals surface area contributed by atoms with Gasteiger partial charge in [0.05, 0.1) is 13.7 Å². The van der Waals surface area contributed by atoms with Crippen LogP contribution < -0.4 is 15.8 Å². The van der Waals surface area contributed by atoms with E-state index in [0.717, 1.165) is 11.3 Å². The average molecular weight is 251 g/mol. The van der Waals surface area contributed by atoms with Gasteiger partial charge in [-0.3, -0.25) is 9.69 Å². The van der Waals surface area contributed by atoms with Crippen molar-refractivity contribution in [3.05, 3.63) is 29.8 Å². The monoisotopic (exact) mass is 251 g/mol. The predicted octanol–water partition coefficient (Wildman–Crippen LogP) is 0.373. The van der Waals surface area contributed by atoms with Crippen LogP contribution in [0.25, 0.3) is 0 Å². The zero-order chi connectivity index (χ0) is 13.5. The highest BCUT2D eigenvalue weighted by molar-refractivity contribution is 5.77. The highest BCUT2D eigenvalue weighted by Gasteiger charge is 2.17. The van der Waals surface area contributed by atoms with E-state index in [1.165, 1.54) is 0 Å². The highest BCUT2D eigenvalue weighted by atomic mass is 16.5. The normalized spacial score (nSPS) is 12.3. The van der Waals surface area contributed by atoms with Crippen molar-refractivity contribution in [3.63, 3.8) is 0 Å². The SMILES string of the molecule is CNC(=O)CN(C)C(CN)c1cccc(OC)c1. The van der Waals surface area contributed by atoms with E-state index in [0.29, 0.717) is 13.1 Å². The summed E-state index contributed by atoms with van der Waals surface area (Å²) in [4.78, 5) is 13.3. The van der Waals surface area contributed by atoms with Crippen molar-refractivity contribution >= 4 is 5.91 Å². The molecule has 0 radical (unpaired) electrons. The van der Waals surface area contributed by atoms with Crippen molar-refractivity contribution in [2.24, 2.45) is 5.73 Å². The Bertz CT molecular complexity index is 396. The summed E-state index contributed by atoms with van der Waals surface area (Å²) in [7, 11) is 5.14. The van der Waals surface area contributed by atoms with E-state index in [2.05, 4.69) is 5.32 Å². The van der Waals surface area contributed by atoms with Crippen LogP contribution >= 0.6 is 0 Å². The van der Waals surface area contributed by atoms with E-state index in [1.54, 1.807) is 14.2 Å². The van der Waals surface area contributed by atoms with Crippen LogP contribution in [0.2, 0.25) is 0 Å². The Morgan fingerprint density at radius 1 is 1.56 bits per heavy atom. The largest absolute Gasteiger partial charge is 0.497 e. The molecule has 0 aliphatic carbocycles. The third-order valence-electron chi connectivity index (χ3n) is 2.91. The summed E-state index contributed by atoms with van der Waals surface area (Å²) >= 11 is 0. The van der Waals surface area contributed by atoms with Crippen LogP contribution in [0.5, 0.6) is 5.75 Å². The summed E-state index contributed by atoms with van der Waals surface area (Å²) in [6, 6.07) is 7.73. The molecule has 0 aliphatic rings. The van der Waals surface area contributed by atoms with Crippen molar-refractivity contribution in [2.45, 2.75) is 6.04 Å². The van der Waals surface area contributed by atoms with Crippen molar-refractivity contribution in [1.29, 1.82) is 0 Å². The summed E-state index contributed by atoms with van der Waals surface area (Å²) in [5, 5.41) is 2.60. The fraction of sp³-hybridized carbons (Fsp3) is 0.462. The van der Waals surface area contributed by atoms with Gasteiger partial charge in [0.25, 0.3) is 0 Å². The Labute approximate surface area is 108 Å². The molecule has 100 valence electrons. The minimum Gasteiger partial charge on any atom is -0.497 e. The molecule has 3 N–H and O–H groups in total. The number of likely N-dealkylation sites (N-methyl/N-ethyl adjacent to an activating group) is 2. The molecule has 0 fully saturated rings. The summed E-state index contributed by atoms with van der Waals surface area (Å²) in [6.07, 6.45) is 0. The molecule has 1 atom stereocenters. The summed E-state index contributed by atoms with van der Waals surface area (Å²) < 4.78 is 5.19. The number of nitrogens with two attached hydrogens (primary N) is 1. The number of carbonyl (C=O) groups is 1. The maximum absolute atomic E-state index is 11.4. The van der Waals surface area contributed by atoms with E-state index < -0.39 is 0 Å². The summed E-state index contributed by atoms with van der Waals surface area (Å²) in [5.41, 5.74) is 6.84. The molecule has 0 heterocycles. The van der Waals surface area contributed by atoms with Crippen molar-refractivity contribution in [3.8, 4) is 5.75 Å². The minimum absolute atomic E-state index is 0.00241. The third kappa shape index (κ3) is 3.72. The van der Waals surface area contributed by atoms with Gasteiger partial charge in [0.2, 0.25) is 5.91 Å². The van der Waals surface area contributed by atoms with Gasteiger partial charge >= 0.3 is 0 Å². The van der Waals surface area contributed by atoms with Gasteiger partial charge in [-0.25, -0.2) is 0 Å². The topological polar surface area (TPSA) is 67.6 Å². The molecular formula is C13H21N3O2. The van der Waals surface area contributed by atoms with Crippen LogP contribution in [-0.4, -0.2) is 45.1 Å². The standard InChI is InChI=1S/C13H21N3O2/c1-15-13(17)9-16(2)12(8-14)10-5-4-6-11(7-10)18-3/h4-7,12H,8-9,14H2,1-3H3,(H,15,17). The predicted molar refractivity (Wildman–Crippen MR) is 71.5 cm³/mol. The Kier molecular flexibility index (Phi) is 5.61. The van der Waals surface area contributed by atoms with E-state index in [4.69, 9.17) is 10.5 Å². The second-order valence-electron chi connectivity index (χ2n) is 4.12. The second kappa shape index (κ2) is 6.98. The molecule has 1 amide bonds. The molecule has 0 spiro atoms. The molecule has 0 saturated heterocycles. The first-order chi connectivity index (χ1) is 8.62. The minimum atomic E-state index is -0.0288. The number of carbonyl (C=O) groups excluding carboxylic acids is 1. The van der Waals surface area contributed by atoms with E-state index >= 15 is 0 Å². The third-order valence-corrected chi connectivity index (χ3v) is 2.91. The van der Waals surface area contributed by atoms with Crippen LogP contribution in [0.4, 0.5) is 0 Å². The smallest absolute Gasteiger partial charge is 0.233 e. The first-order valence-corrected chi connectivity index (χ1v) is 5.87. The average Bonchev–Trinajstić information content (AvgIpc) is 2.39. The first-order valence-electron chi connectivity index (χ1n) is 5.87. The number of rotatable bonds is 6. The molecular weight excluding hydrogens is 230 g/mol. The number of nitrogens with one attached hydrogen (secondary N) is 1. The van der Waals surface area contributed by atoms with E-state index in [-0.39, 0.29) is 11.9 Å². The highest BCUT2D eigenvalue weighted by Crippen LogP contribution is 2.22. The quantitative estimate of drug-likeness (QED) is 0.766. The molecule has 5 heteroatoms. The van der Waals surface area contributed by atoms with Gasteiger partial charge in [-0.15, -0.1) is 0 Å². The summed E-state index contributed by atoms with van der Waals surface area (Å²) in [5.74, 6) is 0.762. The van der Waals surface area contributed by atoms with E-state index in [1.807, 2.05) is 36.2 Å². The second-order valence-corrected chi connectivity index (χ2v) is 4.12. The van der Waals surface area contributed by atoms with Gasteiger partial charge in [0.1, 0.15) is 5.75 Å². The van der Waals surface area contributed by atoms with Gasteiger partial charge in [0.15, 0.2) is 0 Å². The Balaban J connectivity index is 2.84.